The second kappa shape index (κ2) is 8.43. The van der Waals surface area contributed by atoms with Crippen molar-refractivity contribution in [3.63, 3.8) is 0 Å². The number of likely N-dealkylation sites (tertiary alicyclic amines) is 3. The molecule has 0 saturated carbocycles. The molecule has 3 fully saturated rings. The SMILES string of the molecule is O=C(O)C1CN(C(=O)C2CCN(C(=O)N3CCCC3)CC2)CC1c1ccccc1. The van der Waals surface area contributed by atoms with Gasteiger partial charge in [0.2, 0.25) is 5.91 Å². The van der Waals surface area contributed by atoms with Gasteiger partial charge in [-0.3, -0.25) is 9.59 Å². The summed E-state index contributed by atoms with van der Waals surface area (Å²) >= 11 is 0. The van der Waals surface area contributed by atoms with Crippen LogP contribution in [0.1, 0.15) is 37.2 Å². The van der Waals surface area contributed by atoms with E-state index >= 15 is 0 Å². The van der Waals surface area contributed by atoms with E-state index in [4.69, 9.17) is 0 Å². The molecule has 0 bridgehead atoms. The summed E-state index contributed by atoms with van der Waals surface area (Å²) in [6.07, 6.45) is 3.46. The number of urea groups is 1. The molecule has 2 atom stereocenters. The maximum absolute atomic E-state index is 13.1. The van der Waals surface area contributed by atoms with Crippen LogP contribution in [0.5, 0.6) is 0 Å². The number of carbonyl (C=O) groups excluding carboxylic acids is 2. The number of carboxylic acids is 1. The molecule has 3 amide bonds. The summed E-state index contributed by atoms with van der Waals surface area (Å²) in [6, 6.07) is 9.71. The molecule has 3 saturated heterocycles. The number of hydrogen-bond acceptors (Lipinski definition) is 3. The van der Waals surface area contributed by atoms with Crippen LogP contribution in [0.3, 0.4) is 0 Å². The van der Waals surface area contributed by atoms with Crippen molar-refractivity contribution >= 4 is 17.9 Å². The molecule has 1 N–H and O–H groups in total. The molecular weight excluding hydrogens is 370 g/mol. The van der Waals surface area contributed by atoms with E-state index in [0.29, 0.717) is 32.5 Å². The number of aliphatic carboxylic acids is 1. The van der Waals surface area contributed by atoms with Crippen molar-refractivity contribution in [3.05, 3.63) is 35.9 Å². The number of rotatable bonds is 3. The number of carbonyl (C=O) groups is 3. The first-order valence-electron chi connectivity index (χ1n) is 10.6. The minimum Gasteiger partial charge on any atom is -0.481 e. The Morgan fingerprint density at radius 3 is 2.07 bits per heavy atom. The molecule has 3 heterocycles. The molecule has 4 rings (SSSR count). The maximum atomic E-state index is 13.1. The molecule has 0 aliphatic carbocycles. The van der Waals surface area contributed by atoms with Crippen LogP contribution in [0.2, 0.25) is 0 Å². The van der Waals surface area contributed by atoms with Gasteiger partial charge in [0.15, 0.2) is 0 Å². The number of carboxylic acid groups (broad SMARTS) is 1. The molecule has 0 aromatic heterocycles. The van der Waals surface area contributed by atoms with E-state index in [0.717, 1.165) is 31.5 Å². The number of hydrogen-bond donors (Lipinski definition) is 1. The van der Waals surface area contributed by atoms with Gasteiger partial charge in [0.05, 0.1) is 5.92 Å². The highest BCUT2D eigenvalue weighted by Crippen LogP contribution is 2.34. The largest absolute Gasteiger partial charge is 0.481 e. The average Bonchev–Trinajstić information content (AvgIpc) is 3.44. The van der Waals surface area contributed by atoms with Gasteiger partial charge >= 0.3 is 12.0 Å². The fourth-order valence-corrected chi connectivity index (χ4v) is 4.96. The summed E-state index contributed by atoms with van der Waals surface area (Å²) in [6.45, 7) is 3.59. The van der Waals surface area contributed by atoms with Crippen LogP contribution in [-0.4, -0.2) is 77.0 Å². The highest BCUT2D eigenvalue weighted by atomic mass is 16.4. The van der Waals surface area contributed by atoms with Gasteiger partial charge in [0.1, 0.15) is 0 Å². The molecule has 3 aliphatic heterocycles. The van der Waals surface area contributed by atoms with Gasteiger partial charge in [-0.05, 0) is 31.2 Å². The summed E-state index contributed by atoms with van der Waals surface area (Å²) in [5.74, 6) is -1.67. The van der Waals surface area contributed by atoms with E-state index < -0.39 is 11.9 Å². The first-order valence-corrected chi connectivity index (χ1v) is 10.6. The maximum Gasteiger partial charge on any atom is 0.319 e. The lowest BCUT2D eigenvalue weighted by atomic mass is 9.89. The van der Waals surface area contributed by atoms with E-state index in [1.165, 1.54) is 0 Å². The Morgan fingerprint density at radius 2 is 1.45 bits per heavy atom. The van der Waals surface area contributed by atoms with Crippen LogP contribution in [0.25, 0.3) is 0 Å². The van der Waals surface area contributed by atoms with Gasteiger partial charge in [0, 0.05) is 51.1 Å². The van der Waals surface area contributed by atoms with Crippen molar-refractivity contribution in [2.24, 2.45) is 11.8 Å². The second-order valence-corrected chi connectivity index (χ2v) is 8.44. The zero-order chi connectivity index (χ0) is 20.4. The topological polar surface area (TPSA) is 81.2 Å². The van der Waals surface area contributed by atoms with Crippen molar-refractivity contribution in [1.82, 2.24) is 14.7 Å². The molecule has 7 heteroatoms. The van der Waals surface area contributed by atoms with Gasteiger partial charge in [-0.25, -0.2) is 4.79 Å². The zero-order valence-electron chi connectivity index (χ0n) is 16.7. The van der Waals surface area contributed by atoms with Crippen molar-refractivity contribution in [1.29, 1.82) is 0 Å². The normalized spacial score (nSPS) is 25.4. The van der Waals surface area contributed by atoms with E-state index in [2.05, 4.69) is 0 Å². The van der Waals surface area contributed by atoms with E-state index in [1.54, 1.807) is 4.90 Å². The highest BCUT2D eigenvalue weighted by molar-refractivity contribution is 5.82. The summed E-state index contributed by atoms with van der Waals surface area (Å²) in [5.41, 5.74) is 0.973. The fourth-order valence-electron chi connectivity index (χ4n) is 4.96. The van der Waals surface area contributed by atoms with Crippen LogP contribution in [0.15, 0.2) is 30.3 Å². The molecule has 0 radical (unpaired) electrons. The van der Waals surface area contributed by atoms with E-state index in [-0.39, 0.29) is 30.3 Å². The molecule has 1 aromatic rings. The molecule has 7 nitrogen and oxygen atoms in total. The monoisotopic (exact) mass is 399 g/mol. The Morgan fingerprint density at radius 1 is 0.828 bits per heavy atom. The van der Waals surface area contributed by atoms with Crippen molar-refractivity contribution in [2.45, 2.75) is 31.6 Å². The van der Waals surface area contributed by atoms with Crippen molar-refractivity contribution in [2.75, 3.05) is 39.3 Å². The lowest BCUT2D eigenvalue weighted by Crippen LogP contribution is -2.48. The average molecular weight is 399 g/mol. The minimum atomic E-state index is -0.847. The third-order valence-electron chi connectivity index (χ3n) is 6.67. The summed E-state index contributed by atoms with van der Waals surface area (Å²) in [4.78, 5) is 42.9. The third-order valence-corrected chi connectivity index (χ3v) is 6.67. The molecule has 3 aliphatic rings. The smallest absolute Gasteiger partial charge is 0.319 e. The number of benzene rings is 1. The van der Waals surface area contributed by atoms with Crippen LogP contribution >= 0.6 is 0 Å². The highest BCUT2D eigenvalue weighted by Gasteiger charge is 2.42. The van der Waals surface area contributed by atoms with Gasteiger partial charge < -0.3 is 19.8 Å². The predicted octanol–water partition coefficient (Wildman–Crippen LogP) is 2.24. The quantitative estimate of drug-likeness (QED) is 0.845. The zero-order valence-corrected chi connectivity index (χ0v) is 16.7. The van der Waals surface area contributed by atoms with Gasteiger partial charge in [-0.1, -0.05) is 30.3 Å². The van der Waals surface area contributed by atoms with Crippen molar-refractivity contribution < 1.29 is 19.5 Å². The molecule has 1 aromatic carbocycles. The van der Waals surface area contributed by atoms with Crippen LogP contribution < -0.4 is 0 Å². The third kappa shape index (κ3) is 4.09. The molecule has 156 valence electrons. The predicted molar refractivity (Wildman–Crippen MR) is 107 cm³/mol. The number of amides is 3. The lowest BCUT2D eigenvalue weighted by Gasteiger charge is -2.35. The van der Waals surface area contributed by atoms with E-state index in [9.17, 15) is 19.5 Å². The van der Waals surface area contributed by atoms with Gasteiger partial charge in [0.25, 0.3) is 0 Å². The Kier molecular flexibility index (Phi) is 5.74. The summed E-state index contributed by atoms with van der Waals surface area (Å²) in [5, 5.41) is 9.67. The first-order chi connectivity index (χ1) is 14.0. The molecule has 2 unspecified atom stereocenters. The Bertz CT molecular complexity index is 755. The minimum absolute atomic E-state index is 0.0444. The Hall–Kier alpha value is -2.57. The Balaban J connectivity index is 1.36. The molecular formula is C22H29N3O4. The van der Waals surface area contributed by atoms with Gasteiger partial charge in [-0.2, -0.15) is 0 Å². The summed E-state index contributed by atoms with van der Waals surface area (Å²) in [7, 11) is 0. The number of nitrogens with zero attached hydrogens (tertiary/aromatic N) is 3. The lowest BCUT2D eigenvalue weighted by molar-refractivity contribution is -0.142. The number of piperidine rings is 1. The molecule has 29 heavy (non-hydrogen) atoms. The standard InChI is InChI=1S/C22H29N3O4/c26-20(17-8-12-24(13-9-17)22(29)23-10-4-5-11-23)25-14-18(19(15-25)21(27)28)16-6-2-1-3-7-16/h1-3,6-7,17-19H,4-5,8-15H2,(H,27,28). The second-order valence-electron chi connectivity index (χ2n) is 8.44. The van der Waals surface area contributed by atoms with Crippen LogP contribution in [0.4, 0.5) is 4.79 Å². The van der Waals surface area contributed by atoms with Crippen LogP contribution in [0, 0.1) is 11.8 Å². The van der Waals surface area contributed by atoms with Crippen molar-refractivity contribution in [3.8, 4) is 0 Å². The summed E-state index contributed by atoms with van der Waals surface area (Å²) < 4.78 is 0. The first kappa shape index (κ1) is 19.7. The fraction of sp³-hybridized carbons (Fsp3) is 0.591. The van der Waals surface area contributed by atoms with E-state index in [1.807, 2.05) is 40.1 Å². The Labute approximate surface area is 171 Å². The van der Waals surface area contributed by atoms with Gasteiger partial charge in [-0.15, -0.1) is 0 Å². The molecule has 0 spiro atoms. The van der Waals surface area contributed by atoms with Crippen LogP contribution in [-0.2, 0) is 9.59 Å².